The van der Waals surface area contributed by atoms with Crippen molar-refractivity contribution in [1.82, 2.24) is 0 Å². The average molecular weight is 536 g/mol. The molecule has 3 fully saturated rings. The molecule has 1 aliphatic heterocycles. The minimum Gasteiger partial charge on any atom is -0.452 e. The van der Waals surface area contributed by atoms with Gasteiger partial charge in [0.2, 0.25) is 11.8 Å². The molecule has 6 atom stereocenters. The van der Waals surface area contributed by atoms with Crippen LogP contribution < -0.4 is 10.2 Å². The standard InChI is InChI=1S/C25H21Cl3N2O5/c1-11-2-5-13(8-17(11)26)29-18(31)10-35-25(34)12-3-6-14(7-4-12)30-23(32)19-15-9-16(20(19)24(30)33)22(28)21(15)27/h2-8,15-16,19-22H,9-10H2,1H3,(H,29,31)/t15-,16-,19-,20+,21+,22+/m1/s1. The van der Waals surface area contributed by atoms with Gasteiger partial charge in [0.05, 0.1) is 33.8 Å². The molecule has 2 aromatic carbocycles. The number of aryl methyl sites for hydroxylation is 1. The fraction of sp³-hybridized carbons (Fsp3) is 0.360. The molecule has 2 saturated carbocycles. The van der Waals surface area contributed by atoms with Gasteiger partial charge in [-0.2, -0.15) is 0 Å². The second kappa shape index (κ2) is 9.12. The Morgan fingerprint density at radius 3 is 2.17 bits per heavy atom. The summed E-state index contributed by atoms with van der Waals surface area (Å²) in [5.74, 6) is -2.88. The summed E-state index contributed by atoms with van der Waals surface area (Å²) in [6.45, 7) is 1.36. The summed E-state index contributed by atoms with van der Waals surface area (Å²) in [5, 5.41) is 2.48. The SMILES string of the molecule is Cc1ccc(NC(=O)COC(=O)c2ccc(N3C(=O)[C@@H]4[C@H]5C[C@@H]([C@H](Cl)[C@H]5Cl)[C@@H]4C3=O)cc2)cc1Cl. The summed E-state index contributed by atoms with van der Waals surface area (Å²) in [7, 11) is 0. The van der Waals surface area contributed by atoms with Crippen molar-refractivity contribution in [2.45, 2.75) is 24.1 Å². The molecular weight excluding hydrogens is 515 g/mol. The highest BCUT2D eigenvalue weighted by Crippen LogP contribution is 2.59. The minimum absolute atomic E-state index is 0.105. The first kappa shape index (κ1) is 24.1. The summed E-state index contributed by atoms with van der Waals surface area (Å²) in [4.78, 5) is 51.8. The summed E-state index contributed by atoms with van der Waals surface area (Å²) in [5.41, 5.74) is 1.92. The van der Waals surface area contributed by atoms with E-state index in [1.165, 1.54) is 29.2 Å². The monoisotopic (exact) mass is 534 g/mol. The Kier molecular flexibility index (Phi) is 6.28. The lowest BCUT2D eigenvalue weighted by molar-refractivity contribution is -0.123. The Labute approximate surface area is 216 Å². The molecule has 7 nitrogen and oxygen atoms in total. The molecule has 2 aliphatic carbocycles. The predicted octanol–water partition coefficient (Wildman–Crippen LogP) is 4.41. The average Bonchev–Trinajstić information content (AvgIpc) is 3.45. The smallest absolute Gasteiger partial charge is 0.338 e. The van der Waals surface area contributed by atoms with E-state index in [0.29, 0.717) is 22.8 Å². The van der Waals surface area contributed by atoms with E-state index in [2.05, 4.69) is 5.32 Å². The number of nitrogens with zero attached hydrogens (tertiary/aromatic N) is 1. The van der Waals surface area contributed by atoms with Crippen molar-refractivity contribution in [2.75, 3.05) is 16.8 Å². The molecule has 10 heteroatoms. The molecule has 0 spiro atoms. The number of amides is 3. The van der Waals surface area contributed by atoms with Crippen molar-refractivity contribution < 1.29 is 23.9 Å². The largest absolute Gasteiger partial charge is 0.452 e. The van der Waals surface area contributed by atoms with Crippen LogP contribution in [0, 0.1) is 30.6 Å². The summed E-state index contributed by atoms with van der Waals surface area (Å²) in [6, 6.07) is 11.0. The Bertz CT molecular complexity index is 1200. The Hall–Kier alpha value is -2.61. The van der Waals surface area contributed by atoms with Crippen LogP contribution in [0.4, 0.5) is 11.4 Å². The van der Waals surface area contributed by atoms with Crippen LogP contribution in [0.25, 0.3) is 0 Å². The third-order valence-corrected chi connectivity index (χ3v) is 8.86. The molecule has 3 aliphatic rings. The Morgan fingerprint density at radius 2 is 1.60 bits per heavy atom. The lowest BCUT2D eigenvalue weighted by Gasteiger charge is -2.28. The second-order valence-electron chi connectivity index (χ2n) is 9.15. The summed E-state index contributed by atoms with van der Waals surface area (Å²) >= 11 is 18.8. The number of alkyl halides is 2. The highest BCUT2D eigenvalue weighted by molar-refractivity contribution is 6.32. The van der Waals surface area contributed by atoms with E-state index in [1.54, 1.807) is 18.2 Å². The molecule has 3 amide bonds. The van der Waals surface area contributed by atoms with Gasteiger partial charge in [-0.1, -0.05) is 17.7 Å². The first-order valence-corrected chi connectivity index (χ1v) is 12.4. The number of halogens is 3. The molecule has 35 heavy (non-hydrogen) atoms. The van der Waals surface area contributed by atoms with Gasteiger partial charge < -0.3 is 10.1 Å². The van der Waals surface area contributed by atoms with Crippen LogP contribution >= 0.6 is 34.8 Å². The van der Waals surface area contributed by atoms with Gasteiger partial charge in [-0.3, -0.25) is 19.3 Å². The number of fused-ring (bicyclic) bond motifs is 5. The van der Waals surface area contributed by atoms with Gasteiger partial charge in [-0.05, 0) is 67.1 Å². The maximum Gasteiger partial charge on any atom is 0.338 e. The van der Waals surface area contributed by atoms with Crippen LogP contribution in [0.2, 0.25) is 5.02 Å². The molecule has 2 aromatic rings. The van der Waals surface area contributed by atoms with E-state index < -0.39 is 30.3 Å². The summed E-state index contributed by atoms with van der Waals surface area (Å²) in [6.07, 6.45) is 0.693. The third-order valence-electron chi connectivity index (χ3n) is 7.14. The van der Waals surface area contributed by atoms with Crippen LogP contribution in [0.15, 0.2) is 42.5 Å². The molecule has 1 saturated heterocycles. The van der Waals surface area contributed by atoms with Gasteiger partial charge >= 0.3 is 5.97 Å². The van der Waals surface area contributed by atoms with Crippen LogP contribution in [0.1, 0.15) is 22.3 Å². The van der Waals surface area contributed by atoms with Gasteiger partial charge in [0.15, 0.2) is 6.61 Å². The number of anilines is 2. The number of carbonyl (C=O) groups excluding carboxylic acids is 4. The lowest BCUT2D eigenvalue weighted by Crippen LogP contribution is -2.37. The van der Waals surface area contributed by atoms with Crippen molar-refractivity contribution in [3.63, 3.8) is 0 Å². The number of rotatable bonds is 5. The predicted molar refractivity (Wildman–Crippen MR) is 132 cm³/mol. The molecule has 0 aromatic heterocycles. The highest BCUT2D eigenvalue weighted by atomic mass is 35.5. The van der Waals surface area contributed by atoms with Gasteiger partial charge in [0.1, 0.15) is 0 Å². The zero-order valence-electron chi connectivity index (χ0n) is 18.5. The van der Waals surface area contributed by atoms with E-state index in [4.69, 9.17) is 39.5 Å². The van der Waals surface area contributed by atoms with Gasteiger partial charge in [-0.15, -0.1) is 23.2 Å². The first-order chi connectivity index (χ1) is 16.7. The Balaban J connectivity index is 1.21. The second-order valence-corrected chi connectivity index (χ2v) is 10.6. The maximum absolute atomic E-state index is 13.1. The van der Waals surface area contributed by atoms with Crippen molar-refractivity contribution in [3.8, 4) is 0 Å². The normalized spacial score (nSPS) is 28.9. The molecule has 182 valence electrons. The van der Waals surface area contributed by atoms with Crippen LogP contribution in [0.3, 0.4) is 0 Å². The van der Waals surface area contributed by atoms with E-state index in [1.807, 2.05) is 6.92 Å². The summed E-state index contributed by atoms with van der Waals surface area (Å²) < 4.78 is 5.08. The number of esters is 1. The van der Waals surface area contributed by atoms with Crippen molar-refractivity contribution in [1.29, 1.82) is 0 Å². The zero-order valence-corrected chi connectivity index (χ0v) is 20.8. The maximum atomic E-state index is 13.1. The molecule has 5 rings (SSSR count). The van der Waals surface area contributed by atoms with Crippen molar-refractivity contribution in [3.05, 3.63) is 58.6 Å². The van der Waals surface area contributed by atoms with Crippen molar-refractivity contribution in [2.24, 2.45) is 23.7 Å². The molecule has 1 N–H and O–H groups in total. The van der Waals surface area contributed by atoms with Crippen LogP contribution in [-0.4, -0.2) is 41.1 Å². The molecule has 0 unspecified atom stereocenters. The van der Waals surface area contributed by atoms with Crippen molar-refractivity contribution >= 4 is 69.9 Å². The fourth-order valence-electron chi connectivity index (χ4n) is 5.43. The van der Waals surface area contributed by atoms with E-state index in [0.717, 1.165) is 5.56 Å². The van der Waals surface area contributed by atoms with Crippen LogP contribution in [0.5, 0.6) is 0 Å². The molecular formula is C25H21Cl3N2O5. The van der Waals surface area contributed by atoms with Gasteiger partial charge in [-0.25, -0.2) is 4.79 Å². The third kappa shape index (κ3) is 4.09. The number of hydrogen-bond donors (Lipinski definition) is 1. The molecule has 1 heterocycles. The van der Waals surface area contributed by atoms with E-state index in [9.17, 15) is 19.2 Å². The number of ether oxygens (including phenoxy) is 1. The van der Waals surface area contributed by atoms with Gasteiger partial charge in [0.25, 0.3) is 5.91 Å². The Morgan fingerprint density at radius 1 is 1.00 bits per heavy atom. The van der Waals surface area contributed by atoms with Gasteiger partial charge in [0, 0.05) is 10.7 Å². The number of nitrogens with one attached hydrogen (secondary N) is 1. The molecule has 2 bridgehead atoms. The zero-order chi connectivity index (χ0) is 25.0. The lowest BCUT2D eigenvalue weighted by atomic mass is 9.80. The number of hydrogen-bond acceptors (Lipinski definition) is 5. The number of benzene rings is 2. The van der Waals surface area contributed by atoms with E-state index in [-0.39, 0.29) is 40.0 Å². The minimum atomic E-state index is -0.711. The topological polar surface area (TPSA) is 92.8 Å². The number of carbonyl (C=O) groups is 4. The molecule has 0 radical (unpaired) electrons. The van der Waals surface area contributed by atoms with Crippen LogP contribution in [-0.2, 0) is 19.1 Å². The quantitative estimate of drug-likeness (QED) is 0.348. The van der Waals surface area contributed by atoms with E-state index >= 15 is 0 Å². The fourth-order valence-corrected chi connectivity index (χ4v) is 6.51. The highest BCUT2D eigenvalue weighted by Gasteiger charge is 2.66. The first-order valence-electron chi connectivity index (χ1n) is 11.2. The number of imide groups is 1.